The fourth-order valence-corrected chi connectivity index (χ4v) is 4.59. The van der Waals surface area contributed by atoms with Gasteiger partial charge in [-0.05, 0) is 18.6 Å². The lowest BCUT2D eigenvalue weighted by molar-refractivity contribution is 0.0689. The summed E-state index contributed by atoms with van der Waals surface area (Å²) in [4.78, 5) is 25.7. The first kappa shape index (κ1) is 16.3. The molecule has 1 unspecified atom stereocenters. The van der Waals surface area contributed by atoms with Crippen LogP contribution in [0.5, 0.6) is 0 Å². The summed E-state index contributed by atoms with van der Waals surface area (Å²) in [6.45, 7) is 0.374. The smallest absolute Gasteiger partial charge is 0.342 e. The molecule has 25 heavy (non-hydrogen) atoms. The zero-order valence-corrected chi connectivity index (χ0v) is 13.9. The summed E-state index contributed by atoms with van der Waals surface area (Å²) >= 11 is 1.01. The Balaban J connectivity index is 1.99. The molecule has 0 bridgehead atoms. The van der Waals surface area contributed by atoms with E-state index in [-0.39, 0.29) is 16.5 Å². The number of carbonyl (C=O) groups is 1. The van der Waals surface area contributed by atoms with Crippen molar-refractivity contribution in [1.29, 1.82) is 0 Å². The van der Waals surface area contributed by atoms with E-state index in [0.29, 0.717) is 24.3 Å². The molecule has 132 valence electrons. The topological polar surface area (TPSA) is 88.6 Å². The molecule has 2 aliphatic heterocycles. The van der Waals surface area contributed by atoms with Gasteiger partial charge in [-0.1, -0.05) is 11.8 Å². The van der Waals surface area contributed by atoms with E-state index in [9.17, 15) is 23.5 Å². The van der Waals surface area contributed by atoms with Gasteiger partial charge < -0.3 is 20.3 Å². The molecule has 3 N–H and O–H groups in total. The molecule has 4 rings (SSSR count). The van der Waals surface area contributed by atoms with Gasteiger partial charge in [-0.25, -0.2) is 13.6 Å². The number of aromatic carboxylic acids is 1. The molecule has 9 heteroatoms. The molecule has 0 radical (unpaired) electrons. The van der Waals surface area contributed by atoms with Crippen molar-refractivity contribution in [3.8, 4) is 0 Å². The molecule has 1 fully saturated rings. The molecule has 2 aromatic rings. The fourth-order valence-electron chi connectivity index (χ4n) is 3.47. The number of alkyl halides is 1. The van der Waals surface area contributed by atoms with Crippen molar-refractivity contribution in [2.24, 2.45) is 5.73 Å². The van der Waals surface area contributed by atoms with E-state index in [1.807, 2.05) is 0 Å². The number of anilines is 1. The van der Waals surface area contributed by atoms with Crippen LogP contribution in [0.3, 0.4) is 0 Å². The number of benzene rings is 1. The molecule has 0 aliphatic carbocycles. The maximum Gasteiger partial charge on any atom is 0.342 e. The second-order valence-electron chi connectivity index (χ2n) is 6.23. The van der Waals surface area contributed by atoms with Crippen LogP contribution in [-0.4, -0.2) is 41.4 Å². The number of thioether (sulfide) groups is 1. The van der Waals surface area contributed by atoms with Gasteiger partial charge in [0.05, 0.1) is 16.2 Å². The Kier molecular flexibility index (Phi) is 3.73. The first-order valence-electron chi connectivity index (χ1n) is 7.80. The van der Waals surface area contributed by atoms with Crippen LogP contribution in [0.1, 0.15) is 22.2 Å². The second-order valence-corrected chi connectivity index (χ2v) is 7.39. The van der Waals surface area contributed by atoms with Gasteiger partial charge in [0.15, 0.2) is 0 Å². The highest BCUT2D eigenvalue weighted by Crippen LogP contribution is 2.47. The molecule has 1 aromatic carbocycles. The SMILES string of the molecule is N[C@H]1CCN(c2cc3c(cc2F)c(=O)c(C(=O)O)c2n3C(CF)S2)C1. The average Bonchev–Trinajstić information content (AvgIpc) is 2.96. The highest BCUT2D eigenvalue weighted by atomic mass is 32.2. The monoisotopic (exact) mass is 367 g/mol. The largest absolute Gasteiger partial charge is 0.477 e. The predicted octanol–water partition coefficient (Wildman–Crippen LogP) is 1.95. The Morgan fingerprint density at radius 1 is 1.44 bits per heavy atom. The standard InChI is InChI=1S/C16H15F2N3O3S/c17-5-12-21-10-4-11(20-2-1-7(19)6-20)9(18)3-8(10)14(22)13(16(23)24)15(21)25-12/h3-4,7,12H,1-2,5-6,19H2,(H,23,24)/t7-,12?/m0/s1. The molecule has 2 atom stereocenters. The predicted molar refractivity (Wildman–Crippen MR) is 90.8 cm³/mol. The molecule has 6 nitrogen and oxygen atoms in total. The normalized spacial score (nSPS) is 22.1. The van der Waals surface area contributed by atoms with Crippen molar-refractivity contribution < 1.29 is 18.7 Å². The molecule has 2 aliphatic rings. The number of carboxylic acids is 1. The van der Waals surface area contributed by atoms with Gasteiger partial charge in [-0.3, -0.25) is 4.79 Å². The van der Waals surface area contributed by atoms with Crippen molar-refractivity contribution in [2.45, 2.75) is 22.9 Å². The summed E-state index contributed by atoms with van der Waals surface area (Å²) in [5, 5.41) is 8.86. The van der Waals surface area contributed by atoms with Gasteiger partial charge in [-0.2, -0.15) is 0 Å². The van der Waals surface area contributed by atoms with Gasteiger partial charge in [-0.15, -0.1) is 0 Å². The molecular formula is C16H15F2N3O3S. The van der Waals surface area contributed by atoms with Gasteiger partial charge in [0.25, 0.3) is 0 Å². The van der Waals surface area contributed by atoms with Crippen LogP contribution in [0.15, 0.2) is 22.0 Å². The number of nitrogens with zero attached hydrogens (tertiary/aromatic N) is 2. The van der Waals surface area contributed by atoms with Gasteiger partial charge in [0, 0.05) is 24.5 Å². The molecule has 1 saturated heterocycles. The van der Waals surface area contributed by atoms with E-state index in [1.54, 1.807) is 4.90 Å². The van der Waals surface area contributed by atoms with Crippen LogP contribution in [0.2, 0.25) is 0 Å². The summed E-state index contributed by atoms with van der Waals surface area (Å²) in [5.74, 6) is -2.00. The van der Waals surface area contributed by atoms with Crippen LogP contribution < -0.4 is 16.1 Å². The minimum atomic E-state index is -1.39. The summed E-state index contributed by atoms with van der Waals surface area (Å²) in [5.41, 5.74) is 5.34. The number of halogens is 2. The zero-order chi connectivity index (χ0) is 17.9. The number of fused-ring (bicyclic) bond motifs is 3. The number of hydrogen-bond donors (Lipinski definition) is 2. The minimum Gasteiger partial charge on any atom is -0.477 e. The van der Waals surface area contributed by atoms with Crippen LogP contribution >= 0.6 is 11.8 Å². The maximum absolute atomic E-state index is 14.6. The van der Waals surface area contributed by atoms with Crippen molar-refractivity contribution in [3.63, 3.8) is 0 Å². The van der Waals surface area contributed by atoms with Crippen molar-refractivity contribution in [1.82, 2.24) is 4.57 Å². The van der Waals surface area contributed by atoms with E-state index in [2.05, 4.69) is 0 Å². The first-order chi connectivity index (χ1) is 11.9. The van der Waals surface area contributed by atoms with Crippen LogP contribution in [0.4, 0.5) is 14.5 Å². The molecule has 3 heterocycles. The van der Waals surface area contributed by atoms with E-state index in [4.69, 9.17) is 5.73 Å². The molecule has 0 amide bonds. The molecule has 0 saturated carbocycles. The van der Waals surface area contributed by atoms with Crippen LogP contribution in [-0.2, 0) is 0 Å². The highest BCUT2D eigenvalue weighted by Gasteiger charge is 2.36. The Bertz CT molecular complexity index is 962. The summed E-state index contributed by atoms with van der Waals surface area (Å²) in [6.07, 6.45) is 0.733. The lowest BCUT2D eigenvalue weighted by atomic mass is 10.1. The third-order valence-electron chi connectivity index (χ3n) is 4.68. The van der Waals surface area contributed by atoms with E-state index >= 15 is 0 Å². The van der Waals surface area contributed by atoms with E-state index in [0.717, 1.165) is 24.2 Å². The van der Waals surface area contributed by atoms with Crippen molar-refractivity contribution >= 4 is 34.3 Å². The second kappa shape index (κ2) is 5.70. The van der Waals surface area contributed by atoms with Crippen molar-refractivity contribution in [2.75, 3.05) is 24.7 Å². The lowest BCUT2D eigenvalue weighted by Crippen LogP contribution is -2.31. The number of aromatic nitrogens is 1. The lowest BCUT2D eigenvalue weighted by Gasteiger charge is -2.33. The Morgan fingerprint density at radius 3 is 2.80 bits per heavy atom. The first-order valence-corrected chi connectivity index (χ1v) is 8.68. The third kappa shape index (κ3) is 2.33. The van der Waals surface area contributed by atoms with Crippen molar-refractivity contribution in [3.05, 3.63) is 33.7 Å². The molecular weight excluding hydrogens is 352 g/mol. The van der Waals surface area contributed by atoms with E-state index < -0.39 is 34.8 Å². The quantitative estimate of drug-likeness (QED) is 0.862. The highest BCUT2D eigenvalue weighted by molar-refractivity contribution is 8.00. The zero-order valence-electron chi connectivity index (χ0n) is 13.0. The molecule has 0 spiro atoms. The number of rotatable bonds is 3. The average molecular weight is 367 g/mol. The van der Waals surface area contributed by atoms with Crippen LogP contribution in [0, 0.1) is 5.82 Å². The van der Waals surface area contributed by atoms with Crippen LogP contribution in [0.25, 0.3) is 10.9 Å². The fraction of sp³-hybridized carbons (Fsp3) is 0.375. The summed E-state index contributed by atoms with van der Waals surface area (Å²) < 4.78 is 29.3. The minimum absolute atomic E-state index is 0.0513. The van der Waals surface area contributed by atoms with Gasteiger partial charge >= 0.3 is 5.97 Å². The number of nitrogens with two attached hydrogens (primary N) is 1. The number of hydrogen-bond acceptors (Lipinski definition) is 5. The number of pyridine rings is 1. The van der Waals surface area contributed by atoms with Gasteiger partial charge in [0.2, 0.25) is 5.43 Å². The maximum atomic E-state index is 14.6. The Labute approximate surface area is 145 Å². The van der Waals surface area contributed by atoms with E-state index in [1.165, 1.54) is 10.6 Å². The van der Waals surface area contributed by atoms with Gasteiger partial charge in [0.1, 0.15) is 23.4 Å². The third-order valence-corrected chi connectivity index (χ3v) is 5.91. The Hall–Kier alpha value is -2.13. The number of carboxylic acid groups (broad SMARTS) is 1. The summed E-state index contributed by atoms with van der Waals surface area (Å²) in [6, 6.07) is 2.50. The Morgan fingerprint density at radius 2 is 2.20 bits per heavy atom. The molecule has 1 aromatic heterocycles. The summed E-state index contributed by atoms with van der Waals surface area (Å²) in [7, 11) is 0.